The maximum absolute atomic E-state index is 11.7. The first kappa shape index (κ1) is 13.8. The fourth-order valence-electron chi connectivity index (χ4n) is 1.29. The van der Waals surface area contributed by atoms with E-state index in [1.807, 2.05) is 0 Å². The zero-order chi connectivity index (χ0) is 13.7. The van der Waals surface area contributed by atoms with Gasteiger partial charge in [0.1, 0.15) is 0 Å². The Hall–Kier alpha value is -2.28. The number of methoxy groups -OCH3 is 1. The van der Waals surface area contributed by atoms with Crippen LogP contribution in [0.15, 0.2) is 18.2 Å². The molecule has 0 aromatic heterocycles. The number of carbonyl (C=O) groups is 2. The number of phenols is 1. The molecule has 0 aliphatic heterocycles. The molecule has 1 amide bonds. The lowest BCUT2D eigenvalue weighted by Gasteiger charge is -2.13. The van der Waals surface area contributed by atoms with E-state index in [0.29, 0.717) is 0 Å². The number of benzene rings is 1. The Morgan fingerprint density at radius 1 is 1.44 bits per heavy atom. The van der Waals surface area contributed by atoms with Crippen molar-refractivity contribution >= 4 is 11.9 Å². The van der Waals surface area contributed by atoms with Crippen molar-refractivity contribution in [3.63, 3.8) is 0 Å². The fourth-order valence-corrected chi connectivity index (χ4v) is 1.29. The molecule has 0 radical (unpaired) electrons. The van der Waals surface area contributed by atoms with E-state index < -0.39 is 24.5 Å². The van der Waals surface area contributed by atoms with Gasteiger partial charge in [-0.1, -0.05) is 6.07 Å². The molecule has 0 aliphatic rings. The number of carboxylic acid groups (broad SMARTS) is 1. The summed E-state index contributed by atoms with van der Waals surface area (Å²) in [5.41, 5.74) is -0.131. The summed E-state index contributed by atoms with van der Waals surface area (Å²) in [6, 6.07) is 2.81. The number of nitrogens with one attached hydrogen (secondary N) is 1. The highest BCUT2D eigenvalue weighted by Gasteiger charge is 2.22. The molecular formula is C11H13NO6. The molecule has 0 spiro atoms. The molecule has 1 rings (SSSR count). The Labute approximate surface area is 103 Å². The minimum absolute atomic E-state index is 0.0959. The average molecular weight is 255 g/mol. The van der Waals surface area contributed by atoms with Crippen molar-refractivity contribution < 1.29 is 29.6 Å². The number of hydrogen-bond donors (Lipinski definition) is 4. The maximum atomic E-state index is 11.7. The van der Waals surface area contributed by atoms with Crippen LogP contribution in [-0.4, -0.2) is 47.0 Å². The second kappa shape index (κ2) is 5.87. The number of para-hydroxylation sites is 1. The predicted molar refractivity (Wildman–Crippen MR) is 60.6 cm³/mol. The van der Waals surface area contributed by atoms with Crippen LogP contribution in [0.2, 0.25) is 0 Å². The second-order valence-electron chi connectivity index (χ2n) is 3.40. The number of aliphatic hydroxyl groups excluding tert-OH is 1. The third-order valence-corrected chi connectivity index (χ3v) is 2.25. The van der Waals surface area contributed by atoms with Crippen LogP contribution in [0.3, 0.4) is 0 Å². The van der Waals surface area contributed by atoms with Gasteiger partial charge in [0.2, 0.25) is 0 Å². The van der Waals surface area contributed by atoms with Crippen LogP contribution in [0.4, 0.5) is 0 Å². The Balaban J connectivity index is 2.94. The number of carboxylic acids is 1. The van der Waals surface area contributed by atoms with Gasteiger partial charge in [0.25, 0.3) is 5.91 Å². The van der Waals surface area contributed by atoms with E-state index in [9.17, 15) is 14.7 Å². The lowest BCUT2D eigenvalue weighted by molar-refractivity contribution is -0.140. The minimum Gasteiger partial charge on any atom is -0.504 e. The van der Waals surface area contributed by atoms with E-state index in [0.717, 1.165) is 0 Å². The van der Waals surface area contributed by atoms with Gasteiger partial charge >= 0.3 is 5.97 Å². The normalized spacial score (nSPS) is 11.7. The molecule has 1 aromatic carbocycles. The van der Waals surface area contributed by atoms with Crippen molar-refractivity contribution in [2.75, 3.05) is 13.7 Å². The summed E-state index contributed by atoms with van der Waals surface area (Å²) in [4.78, 5) is 22.3. The summed E-state index contributed by atoms with van der Waals surface area (Å²) in [6.45, 7) is -0.744. The SMILES string of the molecule is COc1cccc(C(=O)NC(CO)C(=O)O)c1O. The van der Waals surface area contributed by atoms with Gasteiger partial charge in [-0.15, -0.1) is 0 Å². The Bertz CT molecular complexity index is 459. The Kier molecular flexibility index (Phi) is 4.50. The van der Waals surface area contributed by atoms with Crippen molar-refractivity contribution in [2.45, 2.75) is 6.04 Å². The number of aliphatic carboxylic acids is 1. The lowest BCUT2D eigenvalue weighted by Crippen LogP contribution is -2.43. The maximum Gasteiger partial charge on any atom is 0.328 e. The number of ether oxygens (including phenoxy) is 1. The summed E-state index contributed by atoms with van der Waals surface area (Å²) < 4.78 is 4.82. The van der Waals surface area contributed by atoms with Gasteiger partial charge < -0.3 is 25.4 Å². The van der Waals surface area contributed by atoms with Gasteiger partial charge in [0.15, 0.2) is 17.5 Å². The molecular weight excluding hydrogens is 242 g/mol. The highest BCUT2D eigenvalue weighted by molar-refractivity contribution is 5.99. The largest absolute Gasteiger partial charge is 0.504 e. The van der Waals surface area contributed by atoms with E-state index >= 15 is 0 Å². The third-order valence-electron chi connectivity index (χ3n) is 2.25. The number of hydrogen-bond acceptors (Lipinski definition) is 5. The Morgan fingerprint density at radius 2 is 2.11 bits per heavy atom. The second-order valence-corrected chi connectivity index (χ2v) is 3.40. The molecule has 18 heavy (non-hydrogen) atoms. The molecule has 98 valence electrons. The van der Waals surface area contributed by atoms with Crippen LogP contribution in [0, 0.1) is 0 Å². The number of amides is 1. The zero-order valence-electron chi connectivity index (χ0n) is 9.58. The molecule has 7 heteroatoms. The summed E-state index contributed by atoms with van der Waals surface area (Å²) in [5, 5.41) is 29.2. The minimum atomic E-state index is -1.43. The van der Waals surface area contributed by atoms with Crippen LogP contribution in [0.5, 0.6) is 11.5 Å². The zero-order valence-corrected chi connectivity index (χ0v) is 9.58. The summed E-state index contributed by atoms with van der Waals surface area (Å²) in [7, 11) is 1.32. The summed E-state index contributed by atoms with van der Waals surface area (Å²) in [6.07, 6.45) is 0. The van der Waals surface area contributed by atoms with Crippen molar-refractivity contribution in [1.29, 1.82) is 0 Å². The van der Waals surface area contributed by atoms with Gasteiger partial charge in [-0.05, 0) is 12.1 Å². The van der Waals surface area contributed by atoms with Gasteiger partial charge in [0, 0.05) is 0 Å². The number of aromatic hydroxyl groups is 1. The van der Waals surface area contributed by atoms with Gasteiger partial charge in [0.05, 0.1) is 19.3 Å². The molecule has 1 unspecified atom stereocenters. The van der Waals surface area contributed by atoms with E-state index in [2.05, 4.69) is 5.32 Å². The first-order chi connectivity index (χ1) is 8.51. The van der Waals surface area contributed by atoms with E-state index in [1.165, 1.54) is 25.3 Å². The Morgan fingerprint density at radius 3 is 2.61 bits per heavy atom. The van der Waals surface area contributed by atoms with E-state index in [1.54, 1.807) is 0 Å². The standard InChI is InChI=1S/C11H13NO6/c1-18-8-4-2-3-6(9(8)14)10(15)12-7(5-13)11(16)17/h2-4,7,13-14H,5H2,1H3,(H,12,15)(H,16,17). The highest BCUT2D eigenvalue weighted by atomic mass is 16.5. The first-order valence-electron chi connectivity index (χ1n) is 5.01. The van der Waals surface area contributed by atoms with Crippen molar-refractivity contribution in [3.8, 4) is 11.5 Å². The smallest absolute Gasteiger partial charge is 0.328 e. The molecule has 0 heterocycles. The van der Waals surface area contributed by atoms with Crippen molar-refractivity contribution in [1.82, 2.24) is 5.32 Å². The number of phenolic OH excluding ortho intramolecular Hbond substituents is 1. The highest BCUT2D eigenvalue weighted by Crippen LogP contribution is 2.29. The summed E-state index contributed by atoms with van der Waals surface area (Å²) in [5.74, 6) is -2.47. The average Bonchev–Trinajstić information content (AvgIpc) is 2.35. The van der Waals surface area contributed by atoms with Crippen molar-refractivity contribution in [2.24, 2.45) is 0 Å². The monoisotopic (exact) mass is 255 g/mol. The van der Waals surface area contributed by atoms with Crippen LogP contribution in [0.25, 0.3) is 0 Å². The lowest BCUT2D eigenvalue weighted by atomic mass is 10.1. The van der Waals surface area contributed by atoms with Crippen LogP contribution < -0.4 is 10.1 Å². The molecule has 1 aromatic rings. The van der Waals surface area contributed by atoms with Crippen LogP contribution >= 0.6 is 0 Å². The molecule has 0 saturated carbocycles. The molecule has 0 fully saturated rings. The fraction of sp³-hybridized carbons (Fsp3) is 0.273. The predicted octanol–water partition coefficient (Wildman–Crippen LogP) is -0.424. The summed E-state index contributed by atoms with van der Waals surface area (Å²) >= 11 is 0. The van der Waals surface area contributed by atoms with Crippen LogP contribution in [0.1, 0.15) is 10.4 Å². The first-order valence-corrected chi connectivity index (χ1v) is 5.01. The topological polar surface area (TPSA) is 116 Å². The van der Waals surface area contributed by atoms with Gasteiger partial charge in [-0.3, -0.25) is 4.79 Å². The van der Waals surface area contributed by atoms with E-state index in [-0.39, 0.29) is 17.1 Å². The molecule has 0 saturated heterocycles. The molecule has 7 nitrogen and oxygen atoms in total. The molecule has 0 aliphatic carbocycles. The quantitative estimate of drug-likeness (QED) is 0.567. The molecule has 4 N–H and O–H groups in total. The molecule has 0 bridgehead atoms. The number of rotatable bonds is 5. The number of aliphatic hydroxyl groups is 1. The van der Waals surface area contributed by atoms with E-state index in [4.69, 9.17) is 14.9 Å². The number of carbonyl (C=O) groups excluding carboxylic acids is 1. The van der Waals surface area contributed by atoms with Crippen LogP contribution in [-0.2, 0) is 4.79 Å². The third kappa shape index (κ3) is 2.89. The van der Waals surface area contributed by atoms with Gasteiger partial charge in [-0.2, -0.15) is 0 Å². The van der Waals surface area contributed by atoms with Gasteiger partial charge in [-0.25, -0.2) is 4.79 Å². The molecule has 1 atom stereocenters. The van der Waals surface area contributed by atoms with Crippen molar-refractivity contribution in [3.05, 3.63) is 23.8 Å².